The molecule has 0 aromatic heterocycles. The van der Waals surface area contributed by atoms with Crippen molar-refractivity contribution >= 4 is 21.6 Å². The first-order valence-electron chi connectivity index (χ1n) is 10.1. The molecule has 0 radical (unpaired) electrons. The van der Waals surface area contributed by atoms with E-state index < -0.39 is 20.6 Å². The molecule has 3 rings (SSSR count). The Morgan fingerprint density at radius 3 is 2.67 bits per heavy atom. The minimum absolute atomic E-state index is 0.0749. The molecular weight excluding hydrogens is 414 g/mol. The number of benzene rings is 1. The zero-order valence-corrected chi connectivity index (χ0v) is 17.7. The summed E-state index contributed by atoms with van der Waals surface area (Å²) in [4.78, 5) is 22.8. The molecule has 1 N–H and O–H groups in total. The number of nitro groups is 1. The maximum absolute atomic E-state index is 12.7. The summed E-state index contributed by atoms with van der Waals surface area (Å²) < 4.78 is 37.2. The lowest BCUT2D eigenvalue weighted by Gasteiger charge is -2.29. The van der Waals surface area contributed by atoms with E-state index in [1.165, 1.54) is 16.4 Å². The van der Waals surface area contributed by atoms with Crippen LogP contribution in [0.4, 0.5) is 5.69 Å². The number of morpholine rings is 1. The van der Waals surface area contributed by atoms with E-state index in [1.807, 2.05) is 0 Å². The summed E-state index contributed by atoms with van der Waals surface area (Å²) >= 11 is 0. The lowest BCUT2D eigenvalue weighted by Crippen LogP contribution is -2.43. The van der Waals surface area contributed by atoms with E-state index in [0.717, 1.165) is 31.7 Å². The molecule has 0 spiro atoms. The maximum Gasteiger partial charge on any atom is 0.312 e. The van der Waals surface area contributed by atoms with Crippen LogP contribution in [0, 0.1) is 16.0 Å². The fraction of sp³-hybridized carbons (Fsp3) is 0.632. The summed E-state index contributed by atoms with van der Waals surface area (Å²) in [6.45, 7) is 2.64. The number of nitrogens with zero attached hydrogens (tertiary/aromatic N) is 2. The Balaban J connectivity index is 1.69. The van der Waals surface area contributed by atoms with Gasteiger partial charge in [-0.3, -0.25) is 14.9 Å². The summed E-state index contributed by atoms with van der Waals surface area (Å²) in [5.41, 5.74) is -0.497. The first-order chi connectivity index (χ1) is 14.3. The zero-order valence-electron chi connectivity index (χ0n) is 16.9. The van der Waals surface area contributed by atoms with Gasteiger partial charge >= 0.3 is 5.69 Å². The third kappa shape index (κ3) is 5.27. The van der Waals surface area contributed by atoms with Gasteiger partial charge in [-0.2, -0.15) is 4.31 Å². The van der Waals surface area contributed by atoms with Crippen molar-refractivity contribution in [1.82, 2.24) is 9.62 Å². The van der Waals surface area contributed by atoms with E-state index in [-0.39, 0.29) is 55.5 Å². The van der Waals surface area contributed by atoms with Gasteiger partial charge in [0, 0.05) is 25.2 Å². The average molecular weight is 442 g/mol. The summed E-state index contributed by atoms with van der Waals surface area (Å²) in [6.07, 6.45) is 4.16. The van der Waals surface area contributed by atoms with E-state index in [4.69, 9.17) is 9.47 Å². The Morgan fingerprint density at radius 2 is 2.00 bits per heavy atom. The average Bonchev–Trinajstić information content (AvgIpc) is 2.74. The second-order valence-electron chi connectivity index (χ2n) is 7.63. The molecule has 2 fully saturated rings. The molecular formula is C19H27N3O7S. The highest BCUT2D eigenvalue weighted by atomic mass is 32.2. The molecule has 2 atom stereocenters. The number of nitro benzene ring substituents is 1. The van der Waals surface area contributed by atoms with Crippen LogP contribution in [0.1, 0.15) is 32.6 Å². The highest BCUT2D eigenvalue weighted by Gasteiger charge is 2.29. The topological polar surface area (TPSA) is 128 Å². The van der Waals surface area contributed by atoms with Gasteiger partial charge in [0.1, 0.15) is 0 Å². The molecule has 10 nitrogen and oxygen atoms in total. The van der Waals surface area contributed by atoms with Crippen molar-refractivity contribution in [2.24, 2.45) is 5.92 Å². The number of amides is 1. The zero-order chi connectivity index (χ0) is 21.7. The van der Waals surface area contributed by atoms with Crippen molar-refractivity contribution in [2.75, 3.05) is 32.9 Å². The molecule has 2 aliphatic rings. The quantitative estimate of drug-likeness (QED) is 0.504. The van der Waals surface area contributed by atoms with Gasteiger partial charge in [0.2, 0.25) is 10.0 Å². The molecule has 1 aliphatic heterocycles. The second-order valence-corrected chi connectivity index (χ2v) is 9.57. The van der Waals surface area contributed by atoms with Crippen LogP contribution in [0.15, 0.2) is 23.1 Å². The first kappa shape index (κ1) is 22.4. The van der Waals surface area contributed by atoms with E-state index in [0.29, 0.717) is 5.92 Å². The molecule has 30 heavy (non-hydrogen) atoms. The SMILES string of the molecule is CC1CCCCC1NC(=O)COc1ccc(S(=O)(=O)N2CCOCC2)cc1[N+](=O)[O-]. The van der Waals surface area contributed by atoms with Crippen LogP contribution in [0.25, 0.3) is 0 Å². The molecule has 166 valence electrons. The number of rotatable bonds is 7. The predicted octanol–water partition coefficient (Wildman–Crippen LogP) is 1.69. The van der Waals surface area contributed by atoms with Crippen molar-refractivity contribution in [3.05, 3.63) is 28.3 Å². The fourth-order valence-electron chi connectivity index (χ4n) is 3.78. The molecule has 1 saturated carbocycles. The molecule has 1 aromatic rings. The Labute approximate surface area is 175 Å². The van der Waals surface area contributed by atoms with Crippen LogP contribution in [0.5, 0.6) is 5.75 Å². The minimum Gasteiger partial charge on any atom is -0.477 e. The standard InChI is InChI=1S/C19H27N3O7S/c1-14-4-2-3-5-16(14)20-19(23)13-29-18-7-6-15(12-17(18)22(24)25)30(26,27)21-8-10-28-11-9-21/h6-7,12,14,16H,2-5,8-11,13H2,1H3,(H,20,23). The molecule has 11 heteroatoms. The van der Waals surface area contributed by atoms with Gasteiger partial charge in [-0.15, -0.1) is 0 Å². The van der Waals surface area contributed by atoms with E-state index in [9.17, 15) is 23.3 Å². The van der Waals surface area contributed by atoms with Crippen LogP contribution < -0.4 is 10.1 Å². The lowest BCUT2D eigenvalue weighted by atomic mass is 9.86. The lowest BCUT2D eigenvalue weighted by molar-refractivity contribution is -0.386. The van der Waals surface area contributed by atoms with Gasteiger partial charge in [-0.05, 0) is 30.9 Å². The van der Waals surface area contributed by atoms with E-state index >= 15 is 0 Å². The number of ether oxygens (including phenoxy) is 2. The molecule has 1 aromatic carbocycles. The number of nitrogens with one attached hydrogen (secondary N) is 1. The van der Waals surface area contributed by atoms with Crippen molar-refractivity contribution < 1.29 is 27.6 Å². The Hall–Kier alpha value is -2.24. The number of sulfonamides is 1. The highest BCUT2D eigenvalue weighted by Crippen LogP contribution is 2.31. The molecule has 1 heterocycles. The van der Waals surface area contributed by atoms with Crippen molar-refractivity contribution in [2.45, 2.75) is 43.5 Å². The van der Waals surface area contributed by atoms with Gasteiger partial charge < -0.3 is 14.8 Å². The van der Waals surface area contributed by atoms with Gasteiger partial charge in [0.15, 0.2) is 12.4 Å². The Morgan fingerprint density at radius 1 is 1.30 bits per heavy atom. The Kier molecular flexibility index (Phi) is 7.27. The fourth-order valence-corrected chi connectivity index (χ4v) is 5.21. The highest BCUT2D eigenvalue weighted by molar-refractivity contribution is 7.89. The predicted molar refractivity (Wildman–Crippen MR) is 108 cm³/mol. The van der Waals surface area contributed by atoms with Crippen molar-refractivity contribution in [3.8, 4) is 5.75 Å². The number of hydrogen-bond acceptors (Lipinski definition) is 7. The number of hydrogen-bond donors (Lipinski definition) is 1. The minimum atomic E-state index is -3.88. The summed E-state index contributed by atoms with van der Waals surface area (Å²) in [7, 11) is -3.88. The maximum atomic E-state index is 12.7. The van der Waals surface area contributed by atoms with Crippen molar-refractivity contribution in [3.63, 3.8) is 0 Å². The number of carbonyl (C=O) groups is 1. The van der Waals surface area contributed by atoms with Crippen LogP contribution in [0.2, 0.25) is 0 Å². The van der Waals surface area contributed by atoms with Gasteiger partial charge in [0.05, 0.1) is 23.0 Å². The van der Waals surface area contributed by atoms with E-state index in [2.05, 4.69) is 12.2 Å². The van der Waals surface area contributed by atoms with Gasteiger partial charge in [0.25, 0.3) is 5.91 Å². The summed E-state index contributed by atoms with van der Waals surface area (Å²) in [5, 5.41) is 14.4. The summed E-state index contributed by atoms with van der Waals surface area (Å²) in [6, 6.07) is 3.53. The van der Waals surface area contributed by atoms with Crippen LogP contribution in [-0.2, 0) is 19.6 Å². The molecule has 1 amide bonds. The van der Waals surface area contributed by atoms with Gasteiger partial charge in [-0.25, -0.2) is 8.42 Å². The Bertz CT molecular complexity index is 884. The normalized spacial score (nSPS) is 23.0. The third-order valence-electron chi connectivity index (χ3n) is 5.55. The summed E-state index contributed by atoms with van der Waals surface area (Å²) in [5.74, 6) is -0.123. The van der Waals surface area contributed by atoms with Crippen molar-refractivity contribution in [1.29, 1.82) is 0 Å². The molecule has 1 aliphatic carbocycles. The van der Waals surface area contributed by atoms with E-state index in [1.54, 1.807) is 0 Å². The number of carbonyl (C=O) groups excluding carboxylic acids is 1. The third-order valence-corrected chi connectivity index (χ3v) is 7.45. The molecule has 0 bridgehead atoms. The molecule has 1 saturated heterocycles. The van der Waals surface area contributed by atoms with Gasteiger partial charge in [-0.1, -0.05) is 19.8 Å². The van der Waals surface area contributed by atoms with Crippen LogP contribution in [0.3, 0.4) is 0 Å². The largest absolute Gasteiger partial charge is 0.477 e. The monoisotopic (exact) mass is 441 g/mol. The van der Waals surface area contributed by atoms with Crippen LogP contribution >= 0.6 is 0 Å². The van der Waals surface area contributed by atoms with Crippen LogP contribution in [-0.4, -0.2) is 62.5 Å². The smallest absolute Gasteiger partial charge is 0.312 e. The second kappa shape index (κ2) is 9.71. The molecule has 2 unspecified atom stereocenters. The first-order valence-corrected chi connectivity index (χ1v) is 11.5.